The molecule has 1 aromatic carbocycles. The SMILES string of the molecule is CC(C)(C)n1c(CCl)nnc1-c1cccc(F)c1. The minimum atomic E-state index is -0.289. The van der Waals surface area contributed by atoms with Gasteiger partial charge in [0, 0.05) is 11.1 Å². The minimum Gasteiger partial charge on any atom is -0.305 e. The zero-order chi connectivity index (χ0) is 13.3. The molecule has 0 N–H and O–H groups in total. The molecule has 0 saturated carbocycles. The zero-order valence-corrected chi connectivity index (χ0v) is 11.4. The summed E-state index contributed by atoms with van der Waals surface area (Å²) in [4.78, 5) is 0. The number of nitrogens with zero attached hydrogens (tertiary/aromatic N) is 3. The summed E-state index contributed by atoms with van der Waals surface area (Å²) in [5.41, 5.74) is 0.490. The highest BCUT2D eigenvalue weighted by molar-refractivity contribution is 6.16. The van der Waals surface area contributed by atoms with Crippen LogP contribution >= 0.6 is 11.6 Å². The van der Waals surface area contributed by atoms with E-state index >= 15 is 0 Å². The van der Waals surface area contributed by atoms with Crippen molar-refractivity contribution in [2.45, 2.75) is 32.2 Å². The Bertz CT molecular complexity index is 558. The number of aromatic nitrogens is 3. The van der Waals surface area contributed by atoms with Crippen molar-refractivity contribution in [3.05, 3.63) is 35.9 Å². The maximum Gasteiger partial charge on any atom is 0.164 e. The molecule has 5 heteroatoms. The van der Waals surface area contributed by atoms with Gasteiger partial charge in [0.2, 0.25) is 0 Å². The number of halogens is 2. The first-order chi connectivity index (χ1) is 8.43. The van der Waals surface area contributed by atoms with Gasteiger partial charge in [0.05, 0.1) is 5.88 Å². The Balaban J connectivity index is 2.62. The molecule has 18 heavy (non-hydrogen) atoms. The molecule has 0 aliphatic rings. The van der Waals surface area contributed by atoms with Gasteiger partial charge >= 0.3 is 0 Å². The molecular formula is C13H15ClFN3. The predicted octanol–water partition coefficient (Wildman–Crippen LogP) is 3.58. The summed E-state index contributed by atoms with van der Waals surface area (Å²) in [5.74, 6) is 1.31. The van der Waals surface area contributed by atoms with Crippen molar-refractivity contribution >= 4 is 11.6 Å². The molecule has 0 atom stereocenters. The van der Waals surface area contributed by atoms with E-state index in [1.54, 1.807) is 6.07 Å². The Morgan fingerprint density at radius 1 is 1.28 bits per heavy atom. The molecule has 2 rings (SSSR count). The first-order valence-corrected chi connectivity index (χ1v) is 6.23. The summed E-state index contributed by atoms with van der Waals surface area (Å²) in [6, 6.07) is 6.33. The second-order valence-corrected chi connectivity index (χ2v) is 5.36. The predicted molar refractivity (Wildman–Crippen MR) is 70.0 cm³/mol. The van der Waals surface area contributed by atoms with E-state index in [1.165, 1.54) is 12.1 Å². The molecule has 0 aliphatic heterocycles. The summed E-state index contributed by atoms with van der Waals surface area (Å²) in [6.45, 7) is 6.11. The van der Waals surface area contributed by atoms with E-state index < -0.39 is 0 Å². The van der Waals surface area contributed by atoms with Crippen LogP contribution < -0.4 is 0 Å². The third kappa shape index (κ3) is 2.38. The van der Waals surface area contributed by atoms with Crippen molar-refractivity contribution in [1.29, 1.82) is 0 Å². The molecule has 96 valence electrons. The van der Waals surface area contributed by atoms with Gasteiger partial charge in [-0.1, -0.05) is 12.1 Å². The number of hydrogen-bond donors (Lipinski definition) is 0. The van der Waals surface area contributed by atoms with E-state index in [4.69, 9.17) is 11.6 Å². The molecular weight excluding hydrogens is 253 g/mol. The van der Waals surface area contributed by atoms with Crippen LogP contribution in [0.4, 0.5) is 4.39 Å². The Morgan fingerprint density at radius 2 is 2.00 bits per heavy atom. The van der Waals surface area contributed by atoms with E-state index in [0.29, 0.717) is 17.2 Å². The molecule has 0 amide bonds. The average Bonchev–Trinajstić information content (AvgIpc) is 2.72. The van der Waals surface area contributed by atoms with Crippen LogP contribution in [0, 0.1) is 5.82 Å². The van der Waals surface area contributed by atoms with Crippen molar-refractivity contribution in [2.24, 2.45) is 0 Å². The Labute approximate surface area is 111 Å². The van der Waals surface area contributed by atoms with Crippen molar-refractivity contribution in [1.82, 2.24) is 14.8 Å². The van der Waals surface area contributed by atoms with E-state index in [2.05, 4.69) is 10.2 Å². The van der Waals surface area contributed by atoms with Gasteiger partial charge < -0.3 is 4.57 Å². The maximum atomic E-state index is 13.3. The van der Waals surface area contributed by atoms with E-state index in [9.17, 15) is 4.39 Å². The highest BCUT2D eigenvalue weighted by Gasteiger charge is 2.23. The van der Waals surface area contributed by atoms with Crippen LogP contribution in [-0.4, -0.2) is 14.8 Å². The van der Waals surface area contributed by atoms with Crippen LogP contribution in [0.25, 0.3) is 11.4 Å². The molecule has 1 aromatic heterocycles. The standard InChI is InChI=1S/C13H15ClFN3/c1-13(2,3)18-11(8-14)16-17-12(18)9-5-4-6-10(15)7-9/h4-7H,8H2,1-3H3. The Hall–Kier alpha value is -1.42. The van der Waals surface area contributed by atoms with Crippen LogP contribution in [0.1, 0.15) is 26.6 Å². The van der Waals surface area contributed by atoms with Gasteiger partial charge in [-0.3, -0.25) is 0 Å². The fourth-order valence-corrected chi connectivity index (χ4v) is 2.10. The lowest BCUT2D eigenvalue weighted by molar-refractivity contribution is 0.390. The molecule has 0 bridgehead atoms. The van der Waals surface area contributed by atoms with Crippen molar-refractivity contribution < 1.29 is 4.39 Å². The van der Waals surface area contributed by atoms with Gasteiger partial charge in [0.25, 0.3) is 0 Å². The smallest absolute Gasteiger partial charge is 0.164 e. The third-order valence-electron chi connectivity index (χ3n) is 2.60. The molecule has 0 fully saturated rings. The Morgan fingerprint density at radius 3 is 2.56 bits per heavy atom. The monoisotopic (exact) mass is 267 g/mol. The number of alkyl halides is 1. The normalized spacial score (nSPS) is 11.8. The lowest BCUT2D eigenvalue weighted by atomic mass is 10.1. The lowest BCUT2D eigenvalue weighted by Gasteiger charge is -2.24. The largest absolute Gasteiger partial charge is 0.305 e. The maximum absolute atomic E-state index is 13.3. The fourth-order valence-electron chi connectivity index (χ4n) is 1.92. The molecule has 0 spiro atoms. The summed E-state index contributed by atoms with van der Waals surface area (Å²) >= 11 is 5.87. The first kappa shape index (κ1) is 13.0. The summed E-state index contributed by atoms with van der Waals surface area (Å²) in [5, 5.41) is 8.19. The van der Waals surface area contributed by atoms with Gasteiger partial charge in [0.15, 0.2) is 5.82 Å². The van der Waals surface area contributed by atoms with Crippen molar-refractivity contribution in [3.63, 3.8) is 0 Å². The van der Waals surface area contributed by atoms with Gasteiger partial charge in [-0.25, -0.2) is 4.39 Å². The summed E-state index contributed by atoms with van der Waals surface area (Å²) < 4.78 is 15.2. The lowest BCUT2D eigenvalue weighted by Crippen LogP contribution is -2.24. The van der Waals surface area contributed by atoms with E-state index in [1.807, 2.05) is 31.4 Å². The number of hydrogen-bond acceptors (Lipinski definition) is 2. The van der Waals surface area contributed by atoms with Gasteiger partial charge in [-0.2, -0.15) is 0 Å². The second kappa shape index (κ2) is 4.69. The molecule has 0 aliphatic carbocycles. The van der Waals surface area contributed by atoms with Crippen molar-refractivity contribution in [3.8, 4) is 11.4 Å². The van der Waals surface area contributed by atoms with Crippen LogP contribution in [0.2, 0.25) is 0 Å². The van der Waals surface area contributed by atoms with E-state index in [0.717, 1.165) is 0 Å². The second-order valence-electron chi connectivity index (χ2n) is 5.09. The number of benzene rings is 1. The summed E-state index contributed by atoms with van der Waals surface area (Å²) in [6.07, 6.45) is 0. The molecule has 0 saturated heterocycles. The molecule has 0 radical (unpaired) electrons. The molecule has 2 aromatic rings. The van der Waals surface area contributed by atoms with Crippen LogP contribution in [0.3, 0.4) is 0 Å². The topological polar surface area (TPSA) is 30.7 Å². The van der Waals surface area contributed by atoms with Crippen LogP contribution in [0.5, 0.6) is 0 Å². The number of rotatable bonds is 2. The molecule has 1 heterocycles. The fraction of sp³-hybridized carbons (Fsp3) is 0.385. The van der Waals surface area contributed by atoms with Crippen LogP contribution in [-0.2, 0) is 11.4 Å². The summed E-state index contributed by atoms with van der Waals surface area (Å²) in [7, 11) is 0. The van der Waals surface area contributed by atoms with Gasteiger partial charge in [-0.05, 0) is 32.9 Å². The van der Waals surface area contributed by atoms with E-state index in [-0.39, 0.29) is 17.2 Å². The van der Waals surface area contributed by atoms with Crippen molar-refractivity contribution in [2.75, 3.05) is 0 Å². The van der Waals surface area contributed by atoms with Gasteiger partial charge in [-0.15, -0.1) is 21.8 Å². The molecule has 0 unspecified atom stereocenters. The average molecular weight is 268 g/mol. The molecule has 3 nitrogen and oxygen atoms in total. The zero-order valence-electron chi connectivity index (χ0n) is 10.6. The Kier molecular flexibility index (Phi) is 3.39. The minimum absolute atomic E-state index is 0.213. The first-order valence-electron chi connectivity index (χ1n) is 5.70. The van der Waals surface area contributed by atoms with Crippen LogP contribution in [0.15, 0.2) is 24.3 Å². The van der Waals surface area contributed by atoms with Gasteiger partial charge in [0.1, 0.15) is 11.6 Å². The highest BCUT2D eigenvalue weighted by Crippen LogP contribution is 2.27. The quantitative estimate of drug-likeness (QED) is 0.779. The third-order valence-corrected chi connectivity index (χ3v) is 2.84. The highest BCUT2D eigenvalue weighted by atomic mass is 35.5.